The first-order chi connectivity index (χ1) is 30.3. The van der Waals surface area contributed by atoms with E-state index in [9.17, 15) is 39.3 Å². The number of piperidine rings is 1. The third-order valence-electron chi connectivity index (χ3n) is 14.9. The molecule has 1 unspecified atom stereocenters. The van der Waals surface area contributed by atoms with Gasteiger partial charge in [0.1, 0.15) is 30.1 Å². The summed E-state index contributed by atoms with van der Waals surface area (Å²) in [4.78, 5) is 72.0. The van der Waals surface area contributed by atoms with E-state index in [2.05, 4.69) is 0 Å². The van der Waals surface area contributed by atoms with Gasteiger partial charge in [-0.25, -0.2) is 4.79 Å². The van der Waals surface area contributed by atoms with Gasteiger partial charge in [-0.3, -0.25) is 19.2 Å². The van der Waals surface area contributed by atoms with Crippen LogP contribution in [0.3, 0.4) is 0 Å². The van der Waals surface area contributed by atoms with E-state index in [1.54, 1.807) is 41.1 Å². The zero-order valence-electron chi connectivity index (χ0n) is 39.5. The molecule has 0 aromatic carbocycles. The highest BCUT2D eigenvalue weighted by molar-refractivity contribution is 6.39. The van der Waals surface area contributed by atoms with Crippen molar-refractivity contribution < 1.29 is 63.0 Å². The summed E-state index contributed by atoms with van der Waals surface area (Å²) in [5.41, 5.74) is 1.28. The molecule has 14 nitrogen and oxygen atoms in total. The highest BCUT2D eigenvalue weighted by Gasteiger charge is 2.57. The smallest absolute Gasteiger partial charge is 0.329 e. The number of fused-ring (bicyclic) bond motifs is 3. The first kappa shape index (κ1) is 51.6. The highest BCUT2D eigenvalue weighted by atomic mass is 16.6. The van der Waals surface area contributed by atoms with Gasteiger partial charge in [-0.05, 0) is 101 Å². The second-order valence-electron chi connectivity index (χ2n) is 19.5. The third-order valence-corrected chi connectivity index (χ3v) is 14.9. The second-order valence-corrected chi connectivity index (χ2v) is 19.5. The minimum Gasteiger partial charge on any atom is -0.460 e. The van der Waals surface area contributed by atoms with E-state index in [4.69, 9.17) is 23.7 Å². The molecule has 1 aliphatic carbocycles. The predicted octanol–water partition coefficient (Wildman–Crippen LogP) is 5.40. The summed E-state index contributed by atoms with van der Waals surface area (Å²) in [6.45, 7) is 10.9. The van der Waals surface area contributed by atoms with Gasteiger partial charge < -0.3 is 43.9 Å². The number of hydrogen-bond acceptors (Lipinski definition) is 13. The fourth-order valence-corrected chi connectivity index (χ4v) is 10.9. The fourth-order valence-electron chi connectivity index (χ4n) is 10.9. The summed E-state index contributed by atoms with van der Waals surface area (Å²) in [7, 11) is 4.52. The van der Waals surface area contributed by atoms with Crippen LogP contribution in [0.25, 0.3) is 0 Å². The Labute approximate surface area is 379 Å². The lowest BCUT2D eigenvalue weighted by Crippen LogP contribution is -2.65. The van der Waals surface area contributed by atoms with Gasteiger partial charge in [0.15, 0.2) is 5.78 Å². The Bertz CT molecular complexity index is 1790. The fraction of sp³-hybridized carbons (Fsp3) is 0.740. The molecule has 0 radical (unpaired) electrons. The van der Waals surface area contributed by atoms with Crippen molar-refractivity contribution in [1.82, 2.24) is 4.90 Å². The number of allylic oxidation sites excluding steroid dienone is 6. The molecule has 16 atom stereocenters. The van der Waals surface area contributed by atoms with Crippen LogP contribution >= 0.6 is 0 Å². The molecule has 4 fully saturated rings. The zero-order chi connectivity index (χ0) is 47.0. The number of rotatable bonds is 5. The number of ether oxygens (including phenoxy) is 5. The Kier molecular flexibility index (Phi) is 18.5. The number of carbonyl (C=O) groups excluding carboxylic acids is 5. The van der Waals surface area contributed by atoms with Crippen LogP contribution < -0.4 is 0 Å². The first-order valence-corrected chi connectivity index (χ1v) is 23.5. The molecule has 0 aromatic rings. The second kappa shape index (κ2) is 22.9. The molecule has 5 rings (SSSR count). The van der Waals surface area contributed by atoms with E-state index < -0.39 is 95.7 Å². The number of Topliss-reactive ketones (excluding diaryl/α,β-unsaturated/α-hetero) is 3. The maximum Gasteiger partial charge on any atom is 0.329 e. The summed E-state index contributed by atoms with van der Waals surface area (Å²) in [6, 6.07) is -1.12. The molecule has 6 bridgehead atoms. The molecule has 64 heavy (non-hydrogen) atoms. The predicted molar refractivity (Wildman–Crippen MR) is 238 cm³/mol. The van der Waals surface area contributed by atoms with Crippen LogP contribution in [0.15, 0.2) is 47.6 Å². The maximum atomic E-state index is 14.4. The summed E-state index contributed by atoms with van der Waals surface area (Å²) >= 11 is 0. The molecule has 1 saturated carbocycles. The summed E-state index contributed by atoms with van der Waals surface area (Å²) in [5, 5.41) is 34.1. The van der Waals surface area contributed by atoms with Crippen molar-refractivity contribution in [2.75, 3.05) is 27.9 Å². The van der Waals surface area contributed by atoms with Crippen LogP contribution in [0.1, 0.15) is 112 Å². The molecule has 0 aromatic heterocycles. The molecule has 4 heterocycles. The number of hydrogen-bond donors (Lipinski definition) is 3. The van der Waals surface area contributed by atoms with Crippen LogP contribution in [0, 0.1) is 41.4 Å². The van der Waals surface area contributed by atoms with Crippen LogP contribution in [-0.2, 0) is 47.7 Å². The Hall–Kier alpha value is -3.37. The maximum absolute atomic E-state index is 14.4. The number of nitrogens with zero attached hydrogens (tertiary/aromatic N) is 1. The summed E-state index contributed by atoms with van der Waals surface area (Å²) in [6.07, 6.45) is 10.8. The Morgan fingerprint density at radius 2 is 1.58 bits per heavy atom. The standard InChI is InChI=1S/C50H75NO13/c1-28-14-11-10-12-15-29(2)40(60-7)26-35-19-17-33(6)50(59,64-35)47(56)48(57)51-21-13-16-36-37(24-34-18-20-38(52)42(25-34)61-8)41(63-49(58)43(36)51)27-39(53)30(3)23-32(5)45(55)46(62-9)44(54)31(4)22-28/h10-12,14-15,23,28,30-31,33-38,40-43,45-46,52,55,59H,13,16-22,24-27H2,1-9H3/b12-10+,14-11+,29-15+,32-23+/t28-,30-,31-,33-,34-,35+,36?,37+,38-,40+,41+,42-,43+,45-,46+,50-/m1/s1. The minimum atomic E-state index is -2.43. The van der Waals surface area contributed by atoms with Crippen LogP contribution in [-0.4, -0.2) is 132 Å². The van der Waals surface area contributed by atoms with Crippen molar-refractivity contribution >= 4 is 29.2 Å². The average molecular weight is 898 g/mol. The van der Waals surface area contributed by atoms with Gasteiger partial charge in [0.2, 0.25) is 5.79 Å². The Balaban J connectivity index is 1.51. The number of carbonyl (C=O) groups is 5. The van der Waals surface area contributed by atoms with Crippen LogP contribution in [0.5, 0.6) is 0 Å². The van der Waals surface area contributed by atoms with Gasteiger partial charge in [0.05, 0.1) is 24.4 Å². The molecule has 358 valence electrons. The lowest BCUT2D eigenvalue weighted by atomic mass is 9.68. The topological polar surface area (TPSA) is 195 Å². The normalized spacial score (nSPS) is 43.2. The van der Waals surface area contributed by atoms with Crippen molar-refractivity contribution in [1.29, 1.82) is 0 Å². The Morgan fingerprint density at radius 3 is 2.27 bits per heavy atom. The van der Waals surface area contributed by atoms with Crippen LogP contribution in [0.4, 0.5) is 0 Å². The summed E-state index contributed by atoms with van der Waals surface area (Å²) < 4.78 is 29.4. The lowest BCUT2D eigenvalue weighted by Gasteiger charge is -2.50. The molecule has 0 spiro atoms. The molecule has 5 aliphatic rings. The quantitative estimate of drug-likeness (QED) is 0.181. The molecular formula is C50H75NO13. The molecule has 1 amide bonds. The number of amides is 1. The number of aliphatic hydroxyl groups excluding tert-OH is 2. The zero-order valence-corrected chi connectivity index (χ0v) is 39.5. The van der Waals surface area contributed by atoms with Crippen molar-refractivity contribution in [3.8, 4) is 0 Å². The molecule has 14 heteroatoms. The van der Waals surface area contributed by atoms with Crippen molar-refractivity contribution in [3.63, 3.8) is 0 Å². The molecule has 3 N–H and O–H groups in total. The molecule has 4 aliphatic heterocycles. The van der Waals surface area contributed by atoms with Gasteiger partial charge in [-0.2, -0.15) is 0 Å². The van der Waals surface area contributed by atoms with Gasteiger partial charge in [0.25, 0.3) is 11.7 Å². The van der Waals surface area contributed by atoms with Crippen molar-refractivity contribution in [3.05, 3.63) is 47.6 Å². The van der Waals surface area contributed by atoms with E-state index in [1.807, 2.05) is 51.2 Å². The van der Waals surface area contributed by atoms with Crippen molar-refractivity contribution in [2.45, 2.75) is 167 Å². The third kappa shape index (κ3) is 12.0. The monoisotopic (exact) mass is 898 g/mol. The number of methoxy groups -OCH3 is 3. The van der Waals surface area contributed by atoms with E-state index in [0.29, 0.717) is 69.8 Å². The van der Waals surface area contributed by atoms with Crippen LogP contribution in [0.2, 0.25) is 0 Å². The average Bonchev–Trinajstić information content (AvgIpc) is 3.27. The largest absolute Gasteiger partial charge is 0.460 e. The van der Waals surface area contributed by atoms with Gasteiger partial charge in [0, 0.05) is 64.4 Å². The van der Waals surface area contributed by atoms with E-state index >= 15 is 0 Å². The number of ketones is 3. The van der Waals surface area contributed by atoms with Crippen molar-refractivity contribution in [2.24, 2.45) is 41.4 Å². The number of aliphatic hydroxyl groups is 3. The minimum absolute atomic E-state index is 0.0231. The number of esters is 1. The molecule has 3 saturated heterocycles. The van der Waals surface area contributed by atoms with E-state index in [-0.39, 0.29) is 42.5 Å². The van der Waals surface area contributed by atoms with E-state index in [0.717, 1.165) is 5.57 Å². The Morgan fingerprint density at radius 1 is 0.844 bits per heavy atom. The summed E-state index contributed by atoms with van der Waals surface area (Å²) in [5.74, 6) is -8.43. The first-order valence-electron chi connectivity index (χ1n) is 23.5. The van der Waals surface area contributed by atoms with Gasteiger partial charge in [-0.1, -0.05) is 64.2 Å². The highest BCUT2D eigenvalue weighted by Crippen LogP contribution is 2.45. The van der Waals surface area contributed by atoms with Gasteiger partial charge >= 0.3 is 5.97 Å². The van der Waals surface area contributed by atoms with E-state index in [1.165, 1.54) is 12.0 Å². The SMILES string of the molecule is CO[C@H]1C[C@@H]2CC[C@@H](C)[C@@](O)(O2)C(=O)C(=O)N2CCCC3[C@H]2C(=O)O[C@@H](CC(=O)[C@H](C)/C=C(\C)[C@@H](O)[C@@H](OC)C(=O)[C@H](C)C[C@H](C)/C=C/C=C/C=C/1C)[C@H]3C[C@H]1CC[C@@H](O)[C@H](OC)C1. The lowest BCUT2D eigenvalue weighted by molar-refractivity contribution is -0.266. The van der Waals surface area contributed by atoms with Gasteiger partial charge in [-0.15, -0.1) is 0 Å². The molecular weight excluding hydrogens is 823 g/mol.